The maximum Gasteiger partial charge on any atom is 0.163 e. The molecule has 2 rings (SSSR count). The van der Waals surface area contributed by atoms with Crippen LogP contribution in [0.15, 0.2) is 48.5 Å². The van der Waals surface area contributed by atoms with Crippen molar-refractivity contribution in [3.8, 4) is 0 Å². The minimum absolute atomic E-state index is 0.0367. The molecule has 0 spiro atoms. The van der Waals surface area contributed by atoms with E-state index < -0.39 is 5.82 Å². The minimum Gasteiger partial charge on any atom is -0.294 e. The van der Waals surface area contributed by atoms with Crippen molar-refractivity contribution in [1.82, 2.24) is 0 Å². The third kappa shape index (κ3) is 3.17. The number of halogens is 2. The van der Waals surface area contributed by atoms with Crippen LogP contribution in [0.1, 0.15) is 22.3 Å². The molecule has 0 heterocycles. The lowest BCUT2D eigenvalue weighted by Crippen LogP contribution is -2.01. The molecule has 0 unspecified atom stereocenters. The van der Waals surface area contributed by atoms with E-state index in [1.165, 1.54) is 12.1 Å². The molecule has 0 aliphatic carbocycles. The molecule has 0 saturated carbocycles. The Hall–Kier alpha value is -1.67. The molecule has 0 radical (unpaired) electrons. The summed E-state index contributed by atoms with van der Waals surface area (Å²) in [5.74, 6) is -0.628. The van der Waals surface area contributed by atoms with E-state index in [-0.39, 0.29) is 10.8 Å². The van der Waals surface area contributed by atoms with E-state index in [9.17, 15) is 9.18 Å². The molecule has 92 valence electrons. The Balaban J connectivity index is 2.02. The van der Waals surface area contributed by atoms with E-state index in [0.29, 0.717) is 18.4 Å². The third-order valence-corrected chi connectivity index (χ3v) is 3.03. The Morgan fingerprint density at radius 3 is 2.50 bits per heavy atom. The highest BCUT2D eigenvalue weighted by molar-refractivity contribution is 6.30. The smallest absolute Gasteiger partial charge is 0.163 e. The van der Waals surface area contributed by atoms with Gasteiger partial charge in [-0.25, -0.2) is 4.39 Å². The number of carbonyl (C=O) groups is 1. The fourth-order valence-electron chi connectivity index (χ4n) is 1.72. The van der Waals surface area contributed by atoms with Gasteiger partial charge >= 0.3 is 0 Å². The summed E-state index contributed by atoms with van der Waals surface area (Å²) in [6.07, 6.45) is 1.02. The van der Waals surface area contributed by atoms with E-state index >= 15 is 0 Å². The Morgan fingerprint density at radius 1 is 1.11 bits per heavy atom. The molecule has 1 nitrogen and oxygen atoms in total. The van der Waals surface area contributed by atoms with Gasteiger partial charge in [-0.1, -0.05) is 41.9 Å². The van der Waals surface area contributed by atoms with Crippen LogP contribution in [0, 0.1) is 5.82 Å². The molecule has 0 aliphatic rings. The van der Waals surface area contributed by atoms with Gasteiger partial charge in [0.25, 0.3) is 0 Å². The monoisotopic (exact) mass is 262 g/mol. The van der Waals surface area contributed by atoms with Crippen LogP contribution in [0.4, 0.5) is 4.39 Å². The van der Waals surface area contributed by atoms with E-state index in [4.69, 9.17) is 11.6 Å². The highest BCUT2D eigenvalue weighted by Crippen LogP contribution is 2.17. The first-order valence-corrected chi connectivity index (χ1v) is 6.07. The van der Waals surface area contributed by atoms with Gasteiger partial charge in [-0.3, -0.25) is 4.79 Å². The third-order valence-electron chi connectivity index (χ3n) is 2.73. The average molecular weight is 263 g/mol. The second-order valence-corrected chi connectivity index (χ2v) is 4.44. The fraction of sp³-hybridized carbons (Fsp3) is 0.133. The predicted octanol–water partition coefficient (Wildman–Crippen LogP) is 4.29. The summed E-state index contributed by atoms with van der Waals surface area (Å²) in [5, 5.41) is 0.0367. The van der Waals surface area contributed by atoms with Crippen LogP contribution in [0.2, 0.25) is 5.02 Å². The quantitative estimate of drug-likeness (QED) is 0.751. The normalized spacial score (nSPS) is 10.3. The summed E-state index contributed by atoms with van der Waals surface area (Å²) in [7, 11) is 0. The molecule has 0 atom stereocenters. The lowest BCUT2D eigenvalue weighted by atomic mass is 10.0. The standard InChI is InChI=1S/C15H12ClFO/c16-13-8-7-12(10-14(13)17)15(18)9-6-11-4-2-1-3-5-11/h1-5,7-8,10H,6,9H2. The first-order chi connectivity index (χ1) is 8.66. The number of rotatable bonds is 4. The molecular formula is C15H12ClFO. The Morgan fingerprint density at radius 2 is 1.83 bits per heavy atom. The topological polar surface area (TPSA) is 17.1 Å². The number of hydrogen-bond donors (Lipinski definition) is 0. The second kappa shape index (κ2) is 5.78. The van der Waals surface area contributed by atoms with Crippen molar-refractivity contribution < 1.29 is 9.18 Å². The Kier molecular flexibility index (Phi) is 4.11. The maximum atomic E-state index is 13.2. The van der Waals surface area contributed by atoms with Crippen LogP contribution >= 0.6 is 11.6 Å². The van der Waals surface area contributed by atoms with Gasteiger partial charge in [-0.05, 0) is 30.2 Å². The lowest BCUT2D eigenvalue weighted by Gasteiger charge is -2.02. The minimum atomic E-state index is -0.553. The van der Waals surface area contributed by atoms with Crippen LogP contribution in [0.3, 0.4) is 0 Å². The van der Waals surface area contributed by atoms with Gasteiger partial charge in [-0.2, -0.15) is 0 Å². The molecular weight excluding hydrogens is 251 g/mol. The Bertz CT molecular complexity index is 552. The van der Waals surface area contributed by atoms with Crippen molar-refractivity contribution in [3.05, 3.63) is 70.5 Å². The molecule has 0 aromatic heterocycles. The van der Waals surface area contributed by atoms with Crippen LogP contribution in [0.5, 0.6) is 0 Å². The highest BCUT2D eigenvalue weighted by Gasteiger charge is 2.09. The molecule has 2 aromatic rings. The van der Waals surface area contributed by atoms with E-state index in [2.05, 4.69) is 0 Å². The van der Waals surface area contributed by atoms with Crippen molar-refractivity contribution in [2.45, 2.75) is 12.8 Å². The van der Waals surface area contributed by atoms with Gasteiger partial charge in [0.1, 0.15) is 5.82 Å². The van der Waals surface area contributed by atoms with Gasteiger partial charge in [0.15, 0.2) is 5.78 Å². The number of carbonyl (C=O) groups excluding carboxylic acids is 1. The van der Waals surface area contributed by atoms with E-state index in [0.717, 1.165) is 5.56 Å². The predicted molar refractivity (Wildman–Crippen MR) is 70.5 cm³/mol. The van der Waals surface area contributed by atoms with Crippen molar-refractivity contribution in [2.24, 2.45) is 0 Å². The molecule has 0 amide bonds. The first-order valence-electron chi connectivity index (χ1n) is 5.69. The van der Waals surface area contributed by atoms with E-state index in [1.807, 2.05) is 30.3 Å². The molecule has 18 heavy (non-hydrogen) atoms. The van der Waals surface area contributed by atoms with Crippen molar-refractivity contribution >= 4 is 17.4 Å². The SMILES string of the molecule is O=C(CCc1ccccc1)c1ccc(Cl)c(F)c1. The van der Waals surface area contributed by atoms with Gasteiger partial charge in [0.05, 0.1) is 5.02 Å². The van der Waals surface area contributed by atoms with Crippen LogP contribution in [0.25, 0.3) is 0 Å². The maximum absolute atomic E-state index is 13.2. The number of Topliss-reactive ketones (excluding diaryl/α,β-unsaturated/α-hetero) is 1. The fourth-order valence-corrected chi connectivity index (χ4v) is 1.83. The molecule has 0 aliphatic heterocycles. The zero-order chi connectivity index (χ0) is 13.0. The number of benzene rings is 2. The van der Waals surface area contributed by atoms with Crippen LogP contribution in [-0.2, 0) is 6.42 Å². The Labute approximate surface area is 110 Å². The van der Waals surface area contributed by atoms with Crippen molar-refractivity contribution in [1.29, 1.82) is 0 Å². The zero-order valence-corrected chi connectivity index (χ0v) is 10.5. The summed E-state index contributed by atoms with van der Waals surface area (Å²) in [6.45, 7) is 0. The summed E-state index contributed by atoms with van der Waals surface area (Å²) in [5.41, 5.74) is 1.47. The summed E-state index contributed by atoms with van der Waals surface area (Å²) in [4.78, 5) is 11.9. The molecule has 0 N–H and O–H groups in total. The highest BCUT2D eigenvalue weighted by atomic mass is 35.5. The summed E-state index contributed by atoms with van der Waals surface area (Å²) >= 11 is 5.57. The molecule has 0 bridgehead atoms. The second-order valence-electron chi connectivity index (χ2n) is 4.04. The van der Waals surface area contributed by atoms with Gasteiger partial charge in [-0.15, -0.1) is 0 Å². The van der Waals surface area contributed by atoms with Gasteiger partial charge in [0, 0.05) is 12.0 Å². The van der Waals surface area contributed by atoms with Gasteiger partial charge in [0.2, 0.25) is 0 Å². The number of hydrogen-bond acceptors (Lipinski definition) is 1. The first kappa shape index (κ1) is 12.8. The molecule has 0 fully saturated rings. The summed E-state index contributed by atoms with van der Waals surface area (Å²) < 4.78 is 13.2. The van der Waals surface area contributed by atoms with Crippen molar-refractivity contribution in [3.63, 3.8) is 0 Å². The molecule has 0 saturated heterocycles. The summed E-state index contributed by atoms with van der Waals surface area (Å²) in [6, 6.07) is 13.9. The largest absolute Gasteiger partial charge is 0.294 e. The average Bonchev–Trinajstić information content (AvgIpc) is 2.40. The van der Waals surface area contributed by atoms with Crippen molar-refractivity contribution in [2.75, 3.05) is 0 Å². The molecule has 2 aromatic carbocycles. The van der Waals surface area contributed by atoms with Crippen LogP contribution < -0.4 is 0 Å². The van der Waals surface area contributed by atoms with Crippen LogP contribution in [-0.4, -0.2) is 5.78 Å². The number of aryl methyl sites for hydroxylation is 1. The lowest BCUT2D eigenvalue weighted by molar-refractivity contribution is 0.0982. The zero-order valence-electron chi connectivity index (χ0n) is 9.70. The van der Waals surface area contributed by atoms with E-state index in [1.54, 1.807) is 6.07 Å². The molecule has 3 heteroatoms. The number of ketones is 1. The van der Waals surface area contributed by atoms with Gasteiger partial charge < -0.3 is 0 Å².